The molecule has 2 aromatic heterocycles. The number of halogens is 2. The molecule has 1 aliphatic rings. The van der Waals surface area contributed by atoms with Crippen molar-refractivity contribution < 1.29 is 4.79 Å². The van der Waals surface area contributed by atoms with Gasteiger partial charge in [0.25, 0.3) is 5.91 Å². The molecule has 1 fully saturated rings. The summed E-state index contributed by atoms with van der Waals surface area (Å²) in [5.74, 6) is 0.492. The Hall–Kier alpha value is -2.68. The number of hydrogen-bond acceptors (Lipinski definition) is 7. The number of aryl methyl sites for hydroxylation is 1. The summed E-state index contributed by atoms with van der Waals surface area (Å²) in [5, 5.41) is 0. The Morgan fingerprint density at radius 2 is 1.74 bits per heavy atom. The zero-order valence-electron chi connectivity index (χ0n) is 21.8. The fraction of sp³-hybridized carbons (Fsp3) is 0.241. The molecule has 0 spiro atoms. The third-order valence-electron chi connectivity index (χ3n) is 6.79. The number of anilines is 3. The van der Waals surface area contributed by atoms with Gasteiger partial charge in [-0.3, -0.25) is 17.8 Å². The molecular formula is C29H29I2N7O. The summed E-state index contributed by atoms with van der Waals surface area (Å²) in [6.07, 6.45) is 5.27. The molecule has 0 saturated carbocycles. The van der Waals surface area contributed by atoms with E-state index in [2.05, 4.69) is 84.7 Å². The third-order valence-corrected chi connectivity index (χ3v) is 8.73. The number of likely N-dealkylation sites (N-methyl/N-ethyl adjacent to an activating group) is 1. The van der Waals surface area contributed by atoms with Crippen molar-refractivity contribution in [3.05, 3.63) is 95.9 Å². The first-order valence-corrected chi connectivity index (χ1v) is 14.6. The van der Waals surface area contributed by atoms with Crippen LogP contribution in [-0.4, -0.2) is 63.9 Å². The van der Waals surface area contributed by atoms with Crippen molar-refractivity contribution in [2.45, 2.75) is 13.5 Å². The van der Waals surface area contributed by atoms with Gasteiger partial charge in [0.2, 0.25) is 5.95 Å². The molecule has 0 atom stereocenters. The maximum atomic E-state index is 13.4. The molecule has 4 aromatic rings. The highest BCUT2D eigenvalue weighted by atomic mass is 127. The van der Waals surface area contributed by atoms with E-state index in [0.29, 0.717) is 11.5 Å². The normalized spacial score (nSPS) is 14.3. The van der Waals surface area contributed by atoms with Gasteiger partial charge in [-0.05, 0) is 67.6 Å². The van der Waals surface area contributed by atoms with Crippen molar-refractivity contribution in [2.24, 2.45) is 0 Å². The average Bonchev–Trinajstić information content (AvgIpc) is 2.98. The molecule has 0 N–H and O–H groups in total. The predicted octanol–water partition coefficient (Wildman–Crippen LogP) is 6.08. The van der Waals surface area contributed by atoms with Crippen LogP contribution in [0.3, 0.4) is 0 Å². The number of hydrogen-bond donors (Lipinski definition) is 0. The van der Waals surface area contributed by atoms with Gasteiger partial charge in [-0.2, -0.15) is 0 Å². The molecule has 5 rings (SSSR count). The topological polar surface area (TPSA) is 68.7 Å². The highest BCUT2D eigenvalue weighted by Gasteiger charge is 2.20. The van der Waals surface area contributed by atoms with E-state index in [1.165, 1.54) is 5.56 Å². The van der Waals surface area contributed by atoms with Crippen molar-refractivity contribution in [1.82, 2.24) is 24.8 Å². The maximum absolute atomic E-state index is 13.4. The van der Waals surface area contributed by atoms with Crippen molar-refractivity contribution in [1.29, 1.82) is 0 Å². The summed E-state index contributed by atoms with van der Waals surface area (Å²) in [7, 11) is 2.16. The minimum Gasteiger partial charge on any atom is -0.304 e. The molecule has 200 valence electrons. The lowest BCUT2D eigenvalue weighted by molar-refractivity contribution is 0.101. The highest BCUT2D eigenvalue weighted by molar-refractivity contribution is 14.1. The van der Waals surface area contributed by atoms with Gasteiger partial charge in [0.1, 0.15) is 0 Å². The number of piperazine rings is 1. The lowest BCUT2D eigenvalue weighted by Gasteiger charge is -2.32. The highest BCUT2D eigenvalue weighted by Crippen LogP contribution is 2.35. The summed E-state index contributed by atoms with van der Waals surface area (Å²) < 4.78 is 3.58. The van der Waals surface area contributed by atoms with Crippen molar-refractivity contribution in [3.8, 4) is 11.3 Å². The molecule has 0 radical (unpaired) electrons. The predicted molar refractivity (Wildman–Crippen MR) is 173 cm³/mol. The molecule has 3 heterocycles. The number of carbonyl (C=O) groups is 1. The molecular weight excluding hydrogens is 716 g/mol. The van der Waals surface area contributed by atoms with Crippen LogP contribution in [0.5, 0.6) is 0 Å². The molecule has 1 amide bonds. The SMILES string of the molecule is Cc1ccc(N(I)C(=O)c2ccc(CN3CCN(C)CC3)cc2)cc1N(I)c1nccc(-c2cccnc2)n1. The Kier molecular flexibility index (Phi) is 9.05. The second kappa shape index (κ2) is 12.7. The standard InChI is InChI=1S/C29H29I2N7O/c1-21-5-10-25(18-27(21)38(31)29-33-13-11-26(34-29)24-4-3-12-32-19-24)37(30)28(39)23-8-6-22(7-9-23)20-36-16-14-35(2)15-17-36/h3-13,18-19H,14-17,20H2,1-2H3. The van der Waals surface area contributed by atoms with E-state index in [0.717, 1.165) is 60.9 Å². The summed E-state index contributed by atoms with van der Waals surface area (Å²) in [4.78, 5) is 31.6. The summed E-state index contributed by atoms with van der Waals surface area (Å²) in [6.45, 7) is 7.27. The van der Waals surface area contributed by atoms with E-state index in [4.69, 9.17) is 4.98 Å². The Bertz CT molecular complexity index is 1430. The third kappa shape index (κ3) is 6.73. The van der Waals surface area contributed by atoms with E-state index in [1.54, 1.807) is 21.7 Å². The van der Waals surface area contributed by atoms with Crippen molar-refractivity contribution in [2.75, 3.05) is 39.5 Å². The number of rotatable bonds is 7. The first-order chi connectivity index (χ1) is 18.9. The molecule has 0 unspecified atom stereocenters. The van der Waals surface area contributed by atoms with Gasteiger partial charge in [-0.15, -0.1) is 0 Å². The Balaban J connectivity index is 1.31. The van der Waals surface area contributed by atoms with Crippen LogP contribution < -0.4 is 6.23 Å². The van der Waals surface area contributed by atoms with Crippen molar-refractivity contribution in [3.63, 3.8) is 0 Å². The maximum Gasteiger partial charge on any atom is 0.267 e. The lowest BCUT2D eigenvalue weighted by atomic mass is 10.1. The van der Waals surface area contributed by atoms with Crippen LogP contribution >= 0.6 is 45.7 Å². The minimum atomic E-state index is -0.0635. The summed E-state index contributed by atoms with van der Waals surface area (Å²) in [6, 6.07) is 19.7. The van der Waals surface area contributed by atoms with Gasteiger partial charge in [0, 0.05) is 62.4 Å². The average molecular weight is 745 g/mol. The molecule has 1 saturated heterocycles. The van der Waals surface area contributed by atoms with Gasteiger partial charge in [-0.1, -0.05) is 18.2 Å². The Labute approximate surface area is 257 Å². The molecule has 10 heteroatoms. The zero-order chi connectivity index (χ0) is 27.4. The van der Waals surface area contributed by atoms with Crippen LogP contribution in [0.25, 0.3) is 11.3 Å². The summed E-state index contributed by atoms with van der Waals surface area (Å²) in [5.41, 5.74) is 6.35. The van der Waals surface area contributed by atoms with E-state index in [9.17, 15) is 4.79 Å². The van der Waals surface area contributed by atoms with Crippen molar-refractivity contribution >= 4 is 69.0 Å². The first-order valence-electron chi connectivity index (χ1n) is 12.7. The summed E-state index contributed by atoms with van der Waals surface area (Å²) >= 11 is 4.29. The van der Waals surface area contributed by atoms with Gasteiger partial charge >= 0.3 is 0 Å². The first kappa shape index (κ1) is 27.9. The molecule has 8 nitrogen and oxygen atoms in total. The largest absolute Gasteiger partial charge is 0.304 e. The van der Waals surface area contributed by atoms with E-state index in [1.807, 2.05) is 58.6 Å². The number of amides is 1. The fourth-order valence-electron chi connectivity index (χ4n) is 4.40. The van der Waals surface area contributed by atoms with Crippen LogP contribution in [-0.2, 0) is 6.54 Å². The quantitative estimate of drug-likeness (QED) is 0.168. The zero-order valence-corrected chi connectivity index (χ0v) is 26.2. The van der Waals surface area contributed by atoms with Gasteiger partial charge in [-0.25, -0.2) is 13.1 Å². The fourth-order valence-corrected chi connectivity index (χ4v) is 5.74. The Morgan fingerprint density at radius 1 is 0.974 bits per heavy atom. The van der Waals surface area contributed by atoms with Gasteiger partial charge in [0.15, 0.2) is 0 Å². The second-order valence-corrected chi connectivity index (χ2v) is 11.5. The molecule has 39 heavy (non-hydrogen) atoms. The number of aromatic nitrogens is 3. The number of pyridine rings is 1. The van der Waals surface area contributed by atoms with Crippen LogP contribution in [0.4, 0.5) is 17.3 Å². The molecule has 2 aromatic carbocycles. The molecule has 0 aliphatic carbocycles. The van der Waals surface area contributed by atoms with Crippen LogP contribution in [0.1, 0.15) is 21.5 Å². The Morgan fingerprint density at radius 3 is 2.46 bits per heavy atom. The number of carbonyl (C=O) groups excluding carboxylic acids is 1. The van der Waals surface area contributed by atoms with Gasteiger partial charge in [0.05, 0.1) is 62.8 Å². The van der Waals surface area contributed by atoms with Crippen LogP contribution in [0.15, 0.2) is 79.3 Å². The van der Waals surface area contributed by atoms with Crippen LogP contribution in [0.2, 0.25) is 0 Å². The second-order valence-electron chi connectivity index (χ2n) is 9.60. The molecule has 1 aliphatic heterocycles. The monoisotopic (exact) mass is 745 g/mol. The smallest absolute Gasteiger partial charge is 0.267 e. The van der Waals surface area contributed by atoms with E-state index < -0.39 is 0 Å². The van der Waals surface area contributed by atoms with Gasteiger partial charge < -0.3 is 4.90 Å². The number of nitrogens with zero attached hydrogens (tertiary/aromatic N) is 7. The van der Waals surface area contributed by atoms with Crippen LogP contribution in [0, 0.1) is 6.92 Å². The lowest BCUT2D eigenvalue weighted by Crippen LogP contribution is -2.43. The molecule has 0 bridgehead atoms. The number of benzene rings is 2. The van der Waals surface area contributed by atoms with E-state index >= 15 is 0 Å². The minimum absolute atomic E-state index is 0.0635. The van der Waals surface area contributed by atoms with E-state index in [-0.39, 0.29) is 5.91 Å².